The minimum atomic E-state index is -0.0902. The number of nitrogens with one attached hydrogen (secondary N) is 1. The van der Waals surface area contributed by atoms with Gasteiger partial charge in [-0.25, -0.2) is 0 Å². The Hall–Kier alpha value is -0.830. The standard InChI is InChI=1S/C16H22BrNO/c1-2-16(8-3-4-9-16)15(19)18-12-14-7-5-6-13(10-14)11-17/h5-7,10H,2-4,8-9,11-12H2,1H3,(H,18,19). The molecule has 1 aliphatic rings. The highest BCUT2D eigenvalue weighted by molar-refractivity contribution is 9.08. The van der Waals surface area contributed by atoms with Crippen LogP contribution in [0, 0.1) is 5.41 Å². The Kier molecular flexibility index (Phi) is 5.03. The molecule has 1 saturated carbocycles. The quantitative estimate of drug-likeness (QED) is 0.809. The van der Waals surface area contributed by atoms with Crippen LogP contribution in [0.2, 0.25) is 0 Å². The van der Waals surface area contributed by atoms with Gasteiger partial charge in [-0.1, -0.05) is 60.0 Å². The number of halogens is 1. The van der Waals surface area contributed by atoms with E-state index in [-0.39, 0.29) is 11.3 Å². The van der Waals surface area contributed by atoms with E-state index in [1.807, 2.05) is 6.07 Å². The van der Waals surface area contributed by atoms with Crippen molar-refractivity contribution in [2.45, 2.75) is 50.9 Å². The normalized spacial score (nSPS) is 17.4. The van der Waals surface area contributed by atoms with Gasteiger partial charge in [0.05, 0.1) is 0 Å². The van der Waals surface area contributed by atoms with E-state index in [2.05, 4.69) is 46.4 Å². The first-order valence-electron chi connectivity index (χ1n) is 7.12. The molecule has 0 heterocycles. The molecule has 1 amide bonds. The van der Waals surface area contributed by atoms with E-state index in [0.717, 1.165) is 24.6 Å². The third kappa shape index (κ3) is 3.38. The Morgan fingerprint density at radius 1 is 1.32 bits per heavy atom. The van der Waals surface area contributed by atoms with E-state index in [4.69, 9.17) is 0 Å². The lowest BCUT2D eigenvalue weighted by Gasteiger charge is -2.26. The lowest BCUT2D eigenvalue weighted by Crippen LogP contribution is -2.38. The van der Waals surface area contributed by atoms with Crippen molar-refractivity contribution in [1.29, 1.82) is 0 Å². The second-order valence-electron chi connectivity index (χ2n) is 5.48. The number of carbonyl (C=O) groups excluding carboxylic acids is 1. The molecule has 1 fully saturated rings. The highest BCUT2D eigenvalue weighted by Gasteiger charge is 2.38. The van der Waals surface area contributed by atoms with Gasteiger partial charge in [-0.05, 0) is 30.4 Å². The molecule has 1 aromatic carbocycles. The second-order valence-corrected chi connectivity index (χ2v) is 6.04. The molecule has 0 spiro atoms. The SMILES string of the molecule is CCC1(C(=O)NCc2cccc(CBr)c2)CCCC1. The van der Waals surface area contributed by atoms with Gasteiger partial charge in [-0.15, -0.1) is 0 Å². The van der Waals surface area contributed by atoms with Crippen LogP contribution < -0.4 is 5.32 Å². The molecule has 0 atom stereocenters. The average molecular weight is 324 g/mol. The molecule has 1 aliphatic carbocycles. The summed E-state index contributed by atoms with van der Waals surface area (Å²) in [6, 6.07) is 8.34. The summed E-state index contributed by atoms with van der Waals surface area (Å²) in [6.45, 7) is 2.78. The predicted molar refractivity (Wildman–Crippen MR) is 82.1 cm³/mol. The summed E-state index contributed by atoms with van der Waals surface area (Å²) >= 11 is 3.46. The largest absolute Gasteiger partial charge is 0.352 e. The second kappa shape index (κ2) is 6.56. The first-order valence-corrected chi connectivity index (χ1v) is 8.24. The summed E-state index contributed by atoms with van der Waals surface area (Å²) in [6.07, 6.45) is 5.45. The molecule has 1 N–H and O–H groups in total. The number of hydrogen-bond acceptors (Lipinski definition) is 1. The van der Waals surface area contributed by atoms with Crippen molar-refractivity contribution in [1.82, 2.24) is 5.32 Å². The summed E-state index contributed by atoms with van der Waals surface area (Å²) in [4.78, 5) is 12.4. The molecule has 0 radical (unpaired) electrons. The van der Waals surface area contributed by atoms with Crippen molar-refractivity contribution in [3.63, 3.8) is 0 Å². The first kappa shape index (κ1) is 14.6. The van der Waals surface area contributed by atoms with Crippen LogP contribution in [0.5, 0.6) is 0 Å². The van der Waals surface area contributed by atoms with Crippen LogP contribution in [-0.4, -0.2) is 5.91 Å². The highest BCUT2D eigenvalue weighted by atomic mass is 79.9. The Labute approximate surface area is 124 Å². The summed E-state index contributed by atoms with van der Waals surface area (Å²) < 4.78 is 0. The van der Waals surface area contributed by atoms with E-state index >= 15 is 0 Å². The van der Waals surface area contributed by atoms with Crippen molar-refractivity contribution >= 4 is 21.8 Å². The van der Waals surface area contributed by atoms with E-state index < -0.39 is 0 Å². The zero-order valence-corrected chi connectivity index (χ0v) is 13.1. The molecule has 104 valence electrons. The van der Waals surface area contributed by atoms with Gasteiger partial charge in [0.2, 0.25) is 5.91 Å². The fraction of sp³-hybridized carbons (Fsp3) is 0.562. The molecule has 0 aromatic heterocycles. The summed E-state index contributed by atoms with van der Waals surface area (Å²) in [7, 11) is 0. The zero-order chi connectivity index (χ0) is 13.7. The van der Waals surface area contributed by atoms with Crippen molar-refractivity contribution in [2.24, 2.45) is 5.41 Å². The number of alkyl halides is 1. The third-order valence-corrected chi connectivity index (χ3v) is 4.97. The van der Waals surface area contributed by atoms with Gasteiger partial charge in [0.1, 0.15) is 0 Å². The van der Waals surface area contributed by atoms with Crippen molar-refractivity contribution in [2.75, 3.05) is 0 Å². The zero-order valence-electron chi connectivity index (χ0n) is 11.5. The van der Waals surface area contributed by atoms with Gasteiger partial charge in [0, 0.05) is 17.3 Å². The number of rotatable bonds is 5. The van der Waals surface area contributed by atoms with Gasteiger partial charge in [0.15, 0.2) is 0 Å². The molecule has 0 saturated heterocycles. The Bertz CT molecular complexity index is 438. The number of benzene rings is 1. The van der Waals surface area contributed by atoms with Crippen molar-refractivity contribution < 1.29 is 4.79 Å². The maximum atomic E-state index is 12.4. The maximum absolute atomic E-state index is 12.4. The van der Waals surface area contributed by atoms with Crippen LogP contribution in [0.3, 0.4) is 0 Å². The van der Waals surface area contributed by atoms with E-state index in [0.29, 0.717) is 6.54 Å². The average Bonchev–Trinajstić information content (AvgIpc) is 2.95. The molecule has 2 rings (SSSR count). The van der Waals surface area contributed by atoms with E-state index in [1.165, 1.54) is 24.0 Å². The molecule has 19 heavy (non-hydrogen) atoms. The number of carbonyl (C=O) groups is 1. The topological polar surface area (TPSA) is 29.1 Å². The third-order valence-electron chi connectivity index (χ3n) is 4.32. The number of amides is 1. The summed E-state index contributed by atoms with van der Waals surface area (Å²) in [5.41, 5.74) is 2.33. The van der Waals surface area contributed by atoms with Gasteiger partial charge >= 0.3 is 0 Å². The smallest absolute Gasteiger partial charge is 0.226 e. The predicted octanol–water partition coefficient (Wildman–Crippen LogP) is 4.17. The first-order chi connectivity index (χ1) is 9.20. The minimum absolute atomic E-state index is 0.0902. The van der Waals surface area contributed by atoms with Crippen LogP contribution in [0.25, 0.3) is 0 Å². The number of hydrogen-bond donors (Lipinski definition) is 1. The molecule has 3 heteroatoms. The summed E-state index contributed by atoms with van der Waals surface area (Å²) in [5, 5.41) is 3.98. The molecule has 0 aliphatic heterocycles. The van der Waals surface area contributed by atoms with E-state index in [1.54, 1.807) is 0 Å². The summed E-state index contributed by atoms with van der Waals surface area (Å²) in [5.74, 6) is 0.247. The Balaban J connectivity index is 1.96. The lowest BCUT2D eigenvalue weighted by atomic mass is 9.82. The molecule has 0 bridgehead atoms. The van der Waals surface area contributed by atoms with Crippen LogP contribution in [0.1, 0.15) is 50.2 Å². The van der Waals surface area contributed by atoms with Gasteiger partial charge in [-0.2, -0.15) is 0 Å². The molecule has 0 unspecified atom stereocenters. The van der Waals surface area contributed by atoms with Crippen LogP contribution >= 0.6 is 15.9 Å². The Morgan fingerprint density at radius 2 is 2.00 bits per heavy atom. The fourth-order valence-corrected chi connectivity index (χ4v) is 3.33. The fourth-order valence-electron chi connectivity index (χ4n) is 2.99. The lowest BCUT2D eigenvalue weighted by molar-refractivity contribution is -0.131. The van der Waals surface area contributed by atoms with Crippen LogP contribution in [-0.2, 0) is 16.7 Å². The highest BCUT2D eigenvalue weighted by Crippen LogP contribution is 2.41. The Morgan fingerprint density at radius 3 is 2.63 bits per heavy atom. The molecule has 1 aromatic rings. The minimum Gasteiger partial charge on any atom is -0.352 e. The van der Waals surface area contributed by atoms with E-state index in [9.17, 15) is 4.79 Å². The molecular formula is C16H22BrNO. The van der Waals surface area contributed by atoms with Gasteiger partial charge < -0.3 is 5.32 Å². The monoisotopic (exact) mass is 323 g/mol. The maximum Gasteiger partial charge on any atom is 0.226 e. The van der Waals surface area contributed by atoms with Gasteiger partial charge in [0.25, 0.3) is 0 Å². The molecular weight excluding hydrogens is 302 g/mol. The van der Waals surface area contributed by atoms with Crippen molar-refractivity contribution in [3.05, 3.63) is 35.4 Å². The van der Waals surface area contributed by atoms with Crippen molar-refractivity contribution in [3.8, 4) is 0 Å². The molecule has 2 nitrogen and oxygen atoms in total. The van der Waals surface area contributed by atoms with Crippen LogP contribution in [0.15, 0.2) is 24.3 Å². The van der Waals surface area contributed by atoms with Gasteiger partial charge in [-0.3, -0.25) is 4.79 Å². The van der Waals surface area contributed by atoms with Crippen LogP contribution in [0.4, 0.5) is 0 Å².